The summed E-state index contributed by atoms with van der Waals surface area (Å²) in [5, 5.41) is 16.9. The number of imidazole rings is 1. The van der Waals surface area contributed by atoms with Crippen molar-refractivity contribution in [3.63, 3.8) is 0 Å². The van der Waals surface area contributed by atoms with E-state index in [2.05, 4.69) is 10.6 Å². The molecule has 5 unspecified atom stereocenters. The monoisotopic (exact) mass is 821 g/mol. The number of hydrogen-bond acceptors (Lipinski definition) is 8. The first-order valence-electron chi connectivity index (χ1n) is 20.8. The molecule has 0 aliphatic carbocycles. The first kappa shape index (κ1) is 42.2. The number of hydrogen-bond donors (Lipinski definition) is 3. The Morgan fingerprint density at radius 2 is 1.85 bits per heavy atom. The number of amides is 4. The van der Waals surface area contributed by atoms with Crippen molar-refractivity contribution in [2.45, 2.75) is 69.5 Å². The van der Waals surface area contributed by atoms with Gasteiger partial charge in [0.2, 0.25) is 5.91 Å². The Balaban J connectivity index is 1.10. The number of alkyl carbamates (subject to hydrolysis) is 1. The molecule has 0 spiro atoms. The normalized spacial score (nSPS) is 22.6. The number of unbranched alkanes of at least 4 members (excludes halogenated alkanes) is 3. The lowest BCUT2D eigenvalue weighted by atomic mass is 9.89. The van der Waals surface area contributed by atoms with Gasteiger partial charge in [-0.1, -0.05) is 49.2 Å². The molecule has 4 aliphatic rings. The minimum atomic E-state index is -1.22. The number of aliphatic hydroxyl groups is 1. The van der Waals surface area contributed by atoms with Gasteiger partial charge in [-0.25, -0.2) is 27.7 Å². The van der Waals surface area contributed by atoms with Gasteiger partial charge in [0.1, 0.15) is 35.8 Å². The molecular formula is C43H54F3N7O6. The topological polar surface area (TPSA) is 142 Å². The fourth-order valence-corrected chi connectivity index (χ4v) is 8.52. The Morgan fingerprint density at radius 3 is 2.59 bits per heavy atom. The third kappa shape index (κ3) is 10.6. The summed E-state index contributed by atoms with van der Waals surface area (Å²) in [6.07, 6.45) is 5.46. The van der Waals surface area contributed by atoms with Gasteiger partial charge < -0.3 is 44.5 Å². The Bertz CT molecular complexity index is 1930. The Morgan fingerprint density at radius 1 is 1.05 bits per heavy atom. The van der Waals surface area contributed by atoms with Gasteiger partial charge in [0.15, 0.2) is 0 Å². The van der Waals surface area contributed by atoms with Crippen LogP contribution in [-0.2, 0) is 20.8 Å². The summed E-state index contributed by atoms with van der Waals surface area (Å²) in [5.74, 6) is -1.56. The fourth-order valence-electron chi connectivity index (χ4n) is 8.52. The maximum Gasteiger partial charge on any atom is 0.407 e. The van der Waals surface area contributed by atoms with Gasteiger partial charge in [-0.3, -0.25) is 4.79 Å². The van der Waals surface area contributed by atoms with Gasteiger partial charge in [0.25, 0.3) is 0 Å². The average molecular weight is 822 g/mol. The number of benzene rings is 2. The summed E-state index contributed by atoms with van der Waals surface area (Å²) in [6, 6.07) is 11.5. The second-order valence-electron chi connectivity index (χ2n) is 15.9. The van der Waals surface area contributed by atoms with Gasteiger partial charge in [-0.2, -0.15) is 0 Å². The van der Waals surface area contributed by atoms with Crippen LogP contribution in [0, 0.1) is 23.5 Å². The minimum Gasteiger partial charge on any atom is -0.442 e. The summed E-state index contributed by atoms with van der Waals surface area (Å²) >= 11 is 0. The second-order valence-corrected chi connectivity index (χ2v) is 15.9. The van der Waals surface area contributed by atoms with Crippen LogP contribution in [0.1, 0.15) is 56.0 Å². The van der Waals surface area contributed by atoms with Crippen LogP contribution in [0.2, 0.25) is 0 Å². The zero-order chi connectivity index (χ0) is 41.3. The number of alkyl halides is 1. The SMILES string of the molecule is O=C(NCCCCCCN1CC=CC1=O)OC1CN(C(=O)N(CC2CNCC2F)C(c2nc(-c3cc(F)ccc3F)cn2Cc2ccccc2)C2CCOCC2)CC1O. The van der Waals surface area contributed by atoms with Gasteiger partial charge >= 0.3 is 12.1 Å². The number of nitrogens with one attached hydrogen (secondary N) is 2. The average Bonchev–Trinajstić information content (AvgIpc) is 4.04. The lowest BCUT2D eigenvalue weighted by Crippen LogP contribution is -2.50. The van der Waals surface area contributed by atoms with Gasteiger partial charge in [-0.15, -0.1) is 0 Å². The van der Waals surface area contributed by atoms with Crippen LogP contribution in [0.4, 0.5) is 22.8 Å². The molecule has 0 bridgehead atoms. The number of aliphatic hydroxyl groups excluding tert-OH is 1. The smallest absolute Gasteiger partial charge is 0.407 e. The number of carbonyl (C=O) groups is 3. The Kier molecular flexibility index (Phi) is 14.2. The molecule has 318 valence electrons. The Labute approximate surface area is 342 Å². The van der Waals surface area contributed by atoms with Crippen molar-refractivity contribution in [1.29, 1.82) is 0 Å². The van der Waals surface area contributed by atoms with Gasteiger partial charge in [0, 0.05) is 82.8 Å². The molecule has 0 radical (unpaired) electrons. The molecule has 2 aromatic carbocycles. The van der Waals surface area contributed by atoms with Crippen LogP contribution < -0.4 is 10.6 Å². The molecule has 59 heavy (non-hydrogen) atoms. The first-order chi connectivity index (χ1) is 28.6. The van der Waals surface area contributed by atoms with Crippen LogP contribution in [0.3, 0.4) is 0 Å². The quantitative estimate of drug-likeness (QED) is 0.171. The predicted octanol–water partition coefficient (Wildman–Crippen LogP) is 5.05. The van der Waals surface area contributed by atoms with Crippen LogP contribution in [-0.4, -0.2) is 131 Å². The van der Waals surface area contributed by atoms with Crippen LogP contribution in [0.5, 0.6) is 0 Å². The molecule has 13 nitrogen and oxygen atoms in total. The van der Waals surface area contributed by atoms with Crippen molar-refractivity contribution < 1.29 is 42.1 Å². The minimum absolute atomic E-state index is 0.0146. The highest BCUT2D eigenvalue weighted by atomic mass is 19.1. The molecule has 7 rings (SSSR count). The molecule has 1 aromatic heterocycles. The summed E-state index contributed by atoms with van der Waals surface area (Å²) in [5.41, 5.74) is 1.08. The second kappa shape index (κ2) is 19.9. The highest BCUT2D eigenvalue weighted by Crippen LogP contribution is 2.39. The highest BCUT2D eigenvalue weighted by Gasteiger charge is 2.45. The van der Waals surface area contributed by atoms with Crippen LogP contribution in [0.25, 0.3) is 11.3 Å². The molecule has 5 heterocycles. The molecule has 4 aliphatic heterocycles. The lowest BCUT2D eigenvalue weighted by Gasteiger charge is -2.41. The molecule has 3 fully saturated rings. The zero-order valence-corrected chi connectivity index (χ0v) is 33.2. The van der Waals surface area contributed by atoms with E-state index in [0.717, 1.165) is 43.0 Å². The molecule has 16 heteroatoms. The lowest BCUT2D eigenvalue weighted by molar-refractivity contribution is -0.124. The van der Waals surface area contributed by atoms with E-state index < -0.39 is 54.1 Å². The summed E-state index contributed by atoms with van der Waals surface area (Å²) < 4.78 is 58.5. The molecule has 5 atom stereocenters. The predicted molar refractivity (Wildman–Crippen MR) is 213 cm³/mol. The van der Waals surface area contributed by atoms with Crippen molar-refractivity contribution in [1.82, 2.24) is 34.9 Å². The number of halogens is 3. The largest absolute Gasteiger partial charge is 0.442 e. The number of nitrogens with zero attached hydrogens (tertiary/aromatic N) is 5. The van der Waals surface area contributed by atoms with Crippen molar-refractivity contribution in [3.05, 3.63) is 89.9 Å². The van der Waals surface area contributed by atoms with Crippen LogP contribution in [0.15, 0.2) is 66.9 Å². The molecule has 4 amide bonds. The van der Waals surface area contributed by atoms with E-state index >= 15 is 8.78 Å². The standard InChI is InChI=1S/C43H54F3N7O6/c44-32-12-13-34(45)33(21-32)36-26-51(24-29-9-4-3-5-10-29)41(49-36)40(30-14-19-58-20-15-30)53(25-31-22-47-23-35(31)46)43(57)52-27-37(54)38(28-52)59-42(56)48-16-6-1-2-7-17-50-18-8-11-39(50)55/h3-5,8-13,21,26,30-31,35,37-38,40,47,54H,1-2,6-7,14-20,22-25,27-28H2,(H,48,56). The number of likely N-dealkylation sites (tertiary alicyclic amines) is 1. The van der Waals surface area contributed by atoms with E-state index in [-0.39, 0.29) is 49.3 Å². The third-order valence-corrected chi connectivity index (χ3v) is 11.7. The molecule has 3 aromatic rings. The van der Waals surface area contributed by atoms with Crippen molar-refractivity contribution in [3.8, 4) is 11.3 Å². The van der Waals surface area contributed by atoms with E-state index in [1.165, 1.54) is 4.90 Å². The van der Waals surface area contributed by atoms with Gasteiger partial charge in [0.05, 0.1) is 24.8 Å². The Hall–Kier alpha value is -4.93. The number of carbonyl (C=O) groups excluding carboxylic acids is 3. The van der Waals surface area contributed by atoms with Crippen molar-refractivity contribution in [2.75, 3.05) is 65.6 Å². The first-order valence-corrected chi connectivity index (χ1v) is 20.8. The third-order valence-electron chi connectivity index (χ3n) is 11.7. The number of rotatable bonds is 16. The number of urea groups is 1. The fraction of sp³-hybridized carbons (Fsp3) is 0.535. The molecule has 3 saturated heterocycles. The molecular weight excluding hydrogens is 768 g/mol. The summed E-state index contributed by atoms with van der Waals surface area (Å²) in [7, 11) is 0. The van der Waals surface area contributed by atoms with E-state index in [0.29, 0.717) is 71.0 Å². The summed E-state index contributed by atoms with van der Waals surface area (Å²) in [4.78, 5) is 49.3. The van der Waals surface area contributed by atoms with E-state index in [1.807, 2.05) is 41.0 Å². The van der Waals surface area contributed by atoms with E-state index in [1.54, 1.807) is 22.1 Å². The number of β-amino-alcohol motifs (C(OH)–C–C–N with tert-alkyl or cyclic N) is 1. The van der Waals surface area contributed by atoms with E-state index in [9.17, 15) is 23.9 Å². The number of aromatic nitrogens is 2. The molecule has 3 N–H and O–H groups in total. The summed E-state index contributed by atoms with van der Waals surface area (Å²) in [6.45, 7) is 3.16. The van der Waals surface area contributed by atoms with Crippen LogP contribution >= 0.6 is 0 Å². The maximum absolute atomic E-state index is 15.5. The van der Waals surface area contributed by atoms with Crippen molar-refractivity contribution >= 4 is 18.0 Å². The van der Waals surface area contributed by atoms with Crippen molar-refractivity contribution in [2.24, 2.45) is 11.8 Å². The number of ether oxygens (including phenoxy) is 2. The highest BCUT2D eigenvalue weighted by molar-refractivity contribution is 5.89. The molecule has 0 saturated carbocycles. The van der Waals surface area contributed by atoms with E-state index in [4.69, 9.17) is 14.5 Å². The maximum atomic E-state index is 15.5. The zero-order valence-electron chi connectivity index (χ0n) is 33.2. The van der Waals surface area contributed by atoms with Gasteiger partial charge in [-0.05, 0) is 55.4 Å².